The van der Waals surface area contributed by atoms with Crippen molar-refractivity contribution in [1.29, 1.82) is 0 Å². The number of fused-ring (bicyclic) bond motifs is 12. The molecule has 11 nitrogen and oxygen atoms in total. The molecule has 0 unspecified atom stereocenters. The Labute approximate surface area is 889 Å². The molecule has 0 aliphatic carbocycles. The number of aromatic nitrogens is 4. The molecule has 8 heterocycles. The zero-order valence-corrected chi connectivity index (χ0v) is 86.1. The molecule has 14 heteroatoms. The first kappa shape index (κ1) is 95.6. The summed E-state index contributed by atoms with van der Waals surface area (Å²) in [4.78, 5) is 29.9. The third kappa shape index (κ3) is 19.7. The lowest BCUT2D eigenvalue weighted by Crippen LogP contribution is -2.13. The number of para-hydroxylation sites is 4. The average Bonchev–Trinajstić information content (AvgIpc) is 1.59. The number of hydrogen-bond acceptors (Lipinski definition) is 13. The first-order valence-electron chi connectivity index (χ1n) is 50.1. The van der Waals surface area contributed by atoms with Gasteiger partial charge in [-0.3, -0.25) is 19.9 Å². The normalized spacial score (nSPS) is 11.3. The minimum atomic E-state index is 0. The van der Waals surface area contributed by atoms with E-state index in [1.165, 1.54) is 96.0 Å². The van der Waals surface area contributed by atoms with E-state index in [-0.39, 0.29) is 7.43 Å². The van der Waals surface area contributed by atoms with Gasteiger partial charge in [0.1, 0.15) is 11.2 Å². The van der Waals surface area contributed by atoms with Gasteiger partial charge in [-0.2, -0.15) is 0 Å². The summed E-state index contributed by atoms with van der Waals surface area (Å²) in [6.45, 7) is 12.7. The third-order valence-electron chi connectivity index (χ3n) is 27.7. The van der Waals surface area contributed by atoms with E-state index in [1.807, 2.05) is 115 Å². The fourth-order valence-corrected chi connectivity index (χ4v) is 22.9. The molecule has 0 amide bonds. The second-order valence-electron chi connectivity index (χ2n) is 38.1. The van der Waals surface area contributed by atoms with Gasteiger partial charge in [0.25, 0.3) is 0 Å². The van der Waals surface area contributed by atoms with Crippen LogP contribution in [-0.4, -0.2) is 19.9 Å². The fourth-order valence-electron chi connectivity index (χ4n) is 20.2. The van der Waals surface area contributed by atoms with E-state index < -0.39 is 0 Å². The van der Waals surface area contributed by atoms with Gasteiger partial charge in [0.15, 0.2) is 11.2 Å². The molecule has 26 aromatic rings. The molecule has 8 aromatic heterocycles. The zero-order chi connectivity index (χ0) is 101. The minimum Gasteiger partial charge on any atom is -0.454 e. The van der Waals surface area contributed by atoms with E-state index in [2.05, 4.69) is 491 Å². The van der Waals surface area contributed by atoms with Gasteiger partial charge in [-0.05, 0) is 293 Å². The second kappa shape index (κ2) is 41.9. The van der Waals surface area contributed by atoms with Crippen molar-refractivity contribution in [2.75, 3.05) is 24.5 Å². The van der Waals surface area contributed by atoms with E-state index >= 15 is 0 Å². The smallest absolute Gasteiger partial charge is 0.159 e. The highest BCUT2D eigenvalue weighted by molar-refractivity contribution is 9.10. The third-order valence-corrected chi connectivity index (χ3v) is 30.4. The van der Waals surface area contributed by atoms with Crippen LogP contribution in [0.3, 0.4) is 0 Å². The molecule has 0 atom stereocenters. The van der Waals surface area contributed by atoms with Crippen LogP contribution in [0.1, 0.15) is 51.9 Å². The van der Waals surface area contributed by atoms with E-state index in [0.29, 0.717) is 0 Å². The maximum absolute atomic E-state index is 6.62. The molecule has 26 rings (SSSR count). The number of halogens is 1. The molecule has 0 fully saturated rings. The summed E-state index contributed by atoms with van der Waals surface area (Å²) >= 11 is 7.22. The number of furan rings is 2. The number of aryl methyl sites for hydroxylation is 6. The number of nitrogens with zero attached hydrogens (tertiary/aromatic N) is 9. The first-order chi connectivity index (χ1) is 73.2. The SMILES string of the molecule is C.Cc1ccc(N(c2ccc(C)cc2)c2cccc(Br)c2)cc1.Cc1ccc(N(c2ccc(C)cc2)c2cccc(N(c3cccc(-c4cccnc4)c3)c3cncc(-c4ccc5c(c4)sc4cc(N(c6ccc(C)cc6)c6cccc7c6oc6ccccc67)ccc45)c3)c2)cc1.Cc1ccc(N(c2ccc3c(c2)sc2cc(-c4cncc(Cc5cccc(-c6cccnc6)c5)c4)ccc23)c2cccc3c2oc2ccccc23)cc1. The van der Waals surface area contributed by atoms with Gasteiger partial charge in [0.05, 0.1) is 23.3 Å². The highest BCUT2D eigenvalue weighted by Crippen LogP contribution is 2.51. The maximum Gasteiger partial charge on any atom is 0.159 e. The topological polar surface area (TPSA) is 94.0 Å². The van der Waals surface area contributed by atoms with Crippen LogP contribution in [0.15, 0.2) is 500 Å². The average molecular weight is 2040 g/mol. The lowest BCUT2D eigenvalue weighted by molar-refractivity contribution is 0.668. The Bertz CT molecular complexity index is 9330. The van der Waals surface area contributed by atoms with Gasteiger partial charge in [-0.1, -0.05) is 287 Å². The van der Waals surface area contributed by atoms with Crippen molar-refractivity contribution in [2.45, 2.75) is 55.4 Å². The van der Waals surface area contributed by atoms with Crippen molar-refractivity contribution < 1.29 is 8.83 Å². The maximum atomic E-state index is 6.62. The van der Waals surface area contributed by atoms with E-state index in [4.69, 9.17) is 13.8 Å². The molecule has 0 radical (unpaired) electrons. The van der Waals surface area contributed by atoms with Crippen molar-refractivity contribution >= 4 is 208 Å². The molecule has 0 bridgehead atoms. The summed E-state index contributed by atoms with van der Waals surface area (Å²) in [5.74, 6) is 0. The standard InChI is InChI=1S/C67H49N5OS.C48H33N3OS.C20H18BrN.CH4/c1-44-19-26-51(27-20-44)70(52-28-21-45(2)22-29-52)55-13-7-14-56(39-55)71(54-12-6-10-47(36-54)49-11-9-35-68-41-49)58-37-50(42-69-43-58)48-25-33-60-61-34-32-57(40-66(61)74-65(60)38-48)72(53-30-23-46(3)24-31-53)63-17-8-16-62-59-15-4-5-18-64(59)73-67(62)63;1-31-14-17-38(18-15-31)51(44-12-5-11-43-40-10-2-3-13-45(40)52-48(43)44)39-19-21-42-41-20-16-35(26-46(41)53-47(42)27-39)37-25-33(28-50-30-37)23-32-7-4-8-34(24-32)36-9-6-22-49-29-36;1-15-6-10-18(11-7-15)22(19-12-8-16(2)9-13-19)20-5-3-4-17(21)14-20;/h4-43H,1-3H3;2-22,24-30H,23H2,1H3;3-14H,1-2H3;1H4. The van der Waals surface area contributed by atoms with Crippen molar-refractivity contribution in [3.8, 4) is 44.5 Å². The molecule has 0 N–H and O–H groups in total. The summed E-state index contributed by atoms with van der Waals surface area (Å²) in [7, 11) is 0. The Balaban J connectivity index is 0.000000140. The van der Waals surface area contributed by atoms with Crippen LogP contribution < -0.4 is 24.5 Å². The number of pyridine rings is 4. The van der Waals surface area contributed by atoms with Crippen LogP contribution in [0.4, 0.5) is 85.3 Å². The van der Waals surface area contributed by atoms with Crippen molar-refractivity contribution in [3.05, 3.63) is 535 Å². The van der Waals surface area contributed by atoms with E-state index in [1.54, 1.807) is 0 Å². The number of hydrogen-bond donors (Lipinski definition) is 0. The van der Waals surface area contributed by atoms with E-state index in [9.17, 15) is 0 Å². The summed E-state index contributed by atoms with van der Waals surface area (Å²) in [5.41, 5.74) is 38.1. The van der Waals surface area contributed by atoms with Crippen LogP contribution in [0.25, 0.3) is 129 Å². The van der Waals surface area contributed by atoms with Gasteiger partial charge in [0.2, 0.25) is 0 Å². The number of benzene rings is 18. The number of anilines is 15. The van der Waals surface area contributed by atoms with Crippen LogP contribution in [0.5, 0.6) is 0 Å². The summed E-state index contributed by atoms with van der Waals surface area (Å²) in [5, 5.41) is 9.42. The molecule has 0 aliphatic rings. The minimum absolute atomic E-state index is 0. The summed E-state index contributed by atoms with van der Waals surface area (Å²) in [6.07, 6.45) is 16.2. The summed E-state index contributed by atoms with van der Waals surface area (Å²) in [6, 6.07) is 156. The molecule has 0 spiro atoms. The molecular weight excluding hydrogens is 1940 g/mol. The summed E-state index contributed by atoms with van der Waals surface area (Å²) < 4.78 is 19.2. The predicted molar refractivity (Wildman–Crippen MR) is 638 cm³/mol. The van der Waals surface area contributed by atoms with Crippen molar-refractivity contribution in [1.82, 2.24) is 19.9 Å². The zero-order valence-electron chi connectivity index (χ0n) is 82.9. The van der Waals surface area contributed by atoms with Crippen LogP contribution in [0, 0.1) is 41.5 Å². The van der Waals surface area contributed by atoms with Crippen molar-refractivity contribution in [2.24, 2.45) is 0 Å². The molecule has 724 valence electrons. The Morgan fingerprint density at radius 1 is 0.213 bits per heavy atom. The second-order valence-corrected chi connectivity index (χ2v) is 41.2. The van der Waals surface area contributed by atoms with Gasteiger partial charge in [-0.15, -0.1) is 22.7 Å². The quantitative estimate of drug-likeness (QED) is 0.0688. The molecule has 0 saturated heterocycles. The fraction of sp³-hybridized carbons (Fsp3) is 0.0588. The number of thiophene rings is 2. The monoisotopic (exact) mass is 2040 g/mol. The van der Waals surface area contributed by atoms with Gasteiger partial charge in [0, 0.05) is 195 Å². The predicted octanol–water partition coefficient (Wildman–Crippen LogP) is 40.0. The Morgan fingerprint density at radius 2 is 0.533 bits per heavy atom. The molecule has 18 aromatic carbocycles. The highest BCUT2D eigenvalue weighted by atomic mass is 79.9. The highest BCUT2D eigenvalue weighted by Gasteiger charge is 2.27. The van der Waals surface area contributed by atoms with Crippen LogP contribution in [0.2, 0.25) is 0 Å². The molecular formula is C136H104BrN9O2S2. The van der Waals surface area contributed by atoms with Gasteiger partial charge >= 0.3 is 0 Å². The van der Waals surface area contributed by atoms with Crippen LogP contribution >= 0.6 is 38.6 Å². The molecule has 150 heavy (non-hydrogen) atoms. The lowest BCUT2D eigenvalue weighted by atomic mass is 9.98. The Kier molecular flexibility index (Phi) is 26.7. The molecule has 0 aliphatic heterocycles. The van der Waals surface area contributed by atoms with E-state index in [0.717, 1.165) is 173 Å². The first-order valence-corrected chi connectivity index (χ1v) is 52.5. The largest absolute Gasteiger partial charge is 0.454 e. The van der Waals surface area contributed by atoms with Crippen molar-refractivity contribution in [3.63, 3.8) is 0 Å². The lowest BCUT2D eigenvalue weighted by Gasteiger charge is -2.29. The Morgan fingerprint density at radius 3 is 0.980 bits per heavy atom. The van der Waals surface area contributed by atoms with Gasteiger partial charge in [-0.25, -0.2) is 0 Å². The van der Waals surface area contributed by atoms with Crippen LogP contribution in [-0.2, 0) is 6.42 Å². The Hall–Kier alpha value is -17.9. The molecule has 0 saturated carbocycles. The number of rotatable bonds is 21. The van der Waals surface area contributed by atoms with Gasteiger partial charge < -0.3 is 33.3 Å².